The average Bonchev–Trinajstić information content (AvgIpc) is 2.70. The number of rotatable bonds is 22. The molecule has 0 rings (SSSR count). The number of hydrogen-bond donors (Lipinski definition) is 3. The van der Waals surface area contributed by atoms with Crippen LogP contribution in [-0.2, 0) is 14.4 Å². The number of carboxylic acids is 3. The van der Waals surface area contributed by atoms with E-state index in [0.29, 0.717) is 19.3 Å². The van der Waals surface area contributed by atoms with Crippen LogP contribution < -0.4 is 0 Å². The van der Waals surface area contributed by atoms with Gasteiger partial charge in [-0.3, -0.25) is 14.4 Å². The minimum atomic E-state index is -0.778. The molecule has 0 amide bonds. The molecule has 0 unspecified atom stereocenters. The van der Waals surface area contributed by atoms with Gasteiger partial charge < -0.3 is 19.8 Å². The number of carbonyl (C=O) groups is 3. The van der Waals surface area contributed by atoms with Gasteiger partial charge in [0.05, 0.1) is 26.2 Å². The van der Waals surface area contributed by atoms with Crippen molar-refractivity contribution in [2.75, 3.05) is 26.2 Å². The molecule has 0 aromatic rings. The first-order valence-electron chi connectivity index (χ1n) is 12.0. The van der Waals surface area contributed by atoms with Crippen LogP contribution in [0, 0.1) is 0 Å². The zero-order valence-electron chi connectivity index (χ0n) is 19.4. The van der Waals surface area contributed by atoms with E-state index < -0.39 is 17.9 Å². The van der Waals surface area contributed by atoms with E-state index >= 15 is 0 Å². The van der Waals surface area contributed by atoms with Gasteiger partial charge in [0.15, 0.2) is 0 Å². The lowest BCUT2D eigenvalue weighted by Crippen LogP contribution is -2.51. The molecule has 0 aliphatic heterocycles. The molecule has 0 atom stereocenters. The number of allylic oxidation sites excluding steroid dienone is 2. The van der Waals surface area contributed by atoms with E-state index in [-0.39, 0.29) is 19.3 Å². The van der Waals surface area contributed by atoms with E-state index in [1.54, 1.807) is 0 Å². The maximum absolute atomic E-state index is 10.9. The Kier molecular flexibility index (Phi) is 17.7. The molecule has 3 N–H and O–H groups in total. The number of aliphatic carboxylic acids is 3. The van der Waals surface area contributed by atoms with Gasteiger partial charge in [0.1, 0.15) is 0 Å². The van der Waals surface area contributed by atoms with E-state index in [2.05, 4.69) is 19.1 Å². The fourth-order valence-corrected chi connectivity index (χ4v) is 3.95. The first kappa shape index (κ1) is 29.1. The van der Waals surface area contributed by atoms with Gasteiger partial charge in [-0.15, -0.1) is 0 Å². The molecule has 0 bridgehead atoms. The highest BCUT2D eigenvalue weighted by atomic mass is 16.4. The Balaban J connectivity index is 4.92. The second kappa shape index (κ2) is 18.8. The lowest BCUT2D eigenvalue weighted by molar-refractivity contribution is -0.929. The Bertz CT molecular complexity index is 477. The zero-order chi connectivity index (χ0) is 23.4. The molecule has 0 fully saturated rings. The third-order valence-electron chi connectivity index (χ3n) is 5.69. The maximum Gasteiger partial charge on any atom is 0.303 e. The van der Waals surface area contributed by atoms with Crippen LogP contribution in [0.2, 0.25) is 0 Å². The van der Waals surface area contributed by atoms with Gasteiger partial charge in [0.25, 0.3) is 0 Å². The SMILES string of the molecule is CCC/C=C/CCCC[N+](CCCCC(=O)O)(CCCCC(=O)O)CCCCC(=O)O. The zero-order valence-corrected chi connectivity index (χ0v) is 19.4. The first-order valence-corrected chi connectivity index (χ1v) is 12.0. The fourth-order valence-electron chi connectivity index (χ4n) is 3.95. The Morgan fingerprint density at radius 2 is 0.935 bits per heavy atom. The van der Waals surface area contributed by atoms with Crippen molar-refractivity contribution in [2.24, 2.45) is 0 Å². The van der Waals surface area contributed by atoms with Crippen molar-refractivity contribution in [2.45, 2.75) is 96.8 Å². The summed E-state index contributed by atoms with van der Waals surface area (Å²) in [5, 5.41) is 26.8. The molecular formula is C24H44NO6+. The molecule has 0 aliphatic rings. The van der Waals surface area contributed by atoms with Crippen molar-refractivity contribution < 1.29 is 34.2 Å². The summed E-state index contributed by atoms with van der Waals surface area (Å²) in [4.78, 5) is 32.6. The van der Waals surface area contributed by atoms with Crippen LogP contribution in [0.25, 0.3) is 0 Å². The van der Waals surface area contributed by atoms with E-state index in [9.17, 15) is 14.4 Å². The molecule has 31 heavy (non-hydrogen) atoms. The molecule has 180 valence electrons. The summed E-state index contributed by atoms with van der Waals surface area (Å²) in [6, 6.07) is 0. The minimum absolute atomic E-state index is 0.167. The van der Waals surface area contributed by atoms with Gasteiger partial charge in [-0.25, -0.2) is 0 Å². The van der Waals surface area contributed by atoms with E-state index in [1.165, 1.54) is 0 Å². The third-order valence-corrected chi connectivity index (χ3v) is 5.69. The predicted octanol–water partition coefficient (Wildman–Crippen LogP) is 5.09. The van der Waals surface area contributed by atoms with Crippen LogP contribution in [0.1, 0.15) is 96.8 Å². The number of quaternary nitrogens is 1. The van der Waals surface area contributed by atoms with Crippen molar-refractivity contribution in [3.63, 3.8) is 0 Å². The normalized spacial score (nSPS) is 11.8. The number of unbranched alkanes of at least 4 members (excludes halogenated alkanes) is 6. The van der Waals surface area contributed by atoms with Crippen molar-refractivity contribution in [1.29, 1.82) is 0 Å². The summed E-state index contributed by atoms with van der Waals surface area (Å²) >= 11 is 0. The van der Waals surface area contributed by atoms with Crippen molar-refractivity contribution in [3.8, 4) is 0 Å². The van der Waals surface area contributed by atoms with Gasteiger partial charge in [-0.2, -0.15) is 0 Å². The van der Waals surface area contributed by atoms with Crippen LogP contribution in [0.5, 0.6) is 0 Å². The molecule has 0 aromatic heterocycles. The number of carboxylic acid groups (broad SMARTS) is 3. The van der Waals surface area contributed by atoms with E-state index in [4.69, 9.17) is 15.3 Å². The van der Waals surface area contributed by atoms with Gasteiger partial charge in [-0.1, -0.05) is 25.5 Å². The maximum atomic E-state index is 10.9. The molecule has 0 saturated carbocycles. The highest BCUT2D eigenvalue weighted by molar-refractivity contribution is 5.67. The smallest absolute Gasteiger partial charge is 0.303 e. The molecule has 0 aromatic carbocycles. The van der Waals surface area contributed by atoms with Crippen LogP contribution >= 0.6 is 0 Å². The van der Waals surface area contributed by atoms with Crippen LogP contribution in [-0.4, -0.2) is 63.9 Å². The molecule has 0 radical (unpaired) electrons. The highest BCUT2D eigenvalue weighted by Crippen LogP contribution is 2.19. The quantitative estimate of drug-likeness (QED) is 0.122. The van der Waals surface area contributed by atoms with Crippen molar-refractivity contribution in [1.82, 2.24) is 0 Å². The Labute approximate surface area is 187 Å². The monoisotopic (exact) mass is 442 g/mol. The topological polar surface area (TPSA) is 112 Å². The van der Waals surface area contributed by atoms with Crippen molar-refractivity contribution in [3.05, 3.63) is 12.2 Å². The van der Waals surface area contributed by atoms with Crippen LogP contribution in [0.4, 0.5) is 0 Å². The molecule has 7 nitrogen and oxygen atoms in total. The minimum Gasteiger partial charge on any atom is -0.481 e. The summed E-state index contributed by atoms with van der Waals surface area (Å²) in [6.07, 6.45) is 14.8. The van der Waals surface area contributed by atoms with Gasteiger partial charge >= 0.3 is 17.9 Å². The lowest BCUT2D eigenvalue weighted by Gasteiger charge is -2.39. The summed E-state index contributed by atoms with van der Waals surface area (Å²) < 4.78 is 0.845. The Morgan fingerprint density at radius 1 is 0.581 bits per heavy atom. The second-order valence-electron chi connectivity index (χ2n) is 8.54. The summed E-state index contributed by atoms with van der Waals surface area (Å²) in [7, 11) is 0. The fraction of sp³-hybridized carbons (Fsp3) is 0.792. The van der Waals surface area contributed by atoms with Crippen molar-refractivity contribution >= 4 is 17.9 Å². The third kappa shape index (κ3) is 18.6. The summed E-state index contributed by atoms with van der Waals surface area (Å²) in [5.74, 6) is -2.33. The van der Waals surface area contributed by atoms with Gasteiger partial charge in [0, 0.05) is 19.3 Å². The number of nitrogens with zero attached hydrogens (tertiary/aromatic N) is 1. The standard InChI is InChI=1S/C24H43NO6/c1-2-3-4-5-6-7-11-18-25(19-12-8-15-22(26)27,20-13-9-16-23(28)29)21-14-10-17-24(30)31/h4-5H,2-3,6-21H2,1H3,(H2-,26,27,28,29,30,31)/p+1/b5-4+. The lowest BCUT2D eigenvalue weighted by atomic mass is 10.1. The Morgan fingerprint density at radius 3 is 1.29 bits per heavy atom. The molecule has 0 saturated heterocycles. The number of hydrogen-bond acceptors (Lipinski definition) is 3. The van der Waals surface area contributed by atoms with Gasteiger partial charge in [-0.05, 0) is 64.2 Å². The average molecular weight is 443 g/mol. The molecular weight excluding hydrogens is 398 g/mol. The second-order valence-corrected chi connectivity index (χ2v) is 8.54. The van der Waals surface area contributed by atoms with Crippen LogP contribution in [0.3, 0.4) is 0 Å². The van der Waals surface area contributed by atoms with E-state index in [0.717, 1.165) is 82.0 Å². The largest absolute Gasteiger partial charge is 0.481 e. The highest BCUT2D eigenvalue weighted by Gasteiger charge is 2.26. The summed E-state index contributed by atoms with van der Waals surface area (Å²) in [5.41, 5.74) is 0. The molecule has 0 aliphatic carbocycles. The van der Waals surface area contributed by atoms with E-state index in [1.807, 2.05) is 0 Å². The Hall–Kier alpha value is -1.89. The molecule has 0 heterocycles. The molecule has 0 spiro atoms. The summed E-state index contributed by atoms with van der Waals surface area (Å²) in [6.45, 7) is 5.77. The molecule has 7 heteroatoms. The van der Waals surface area contributed by atoms with Crippen LogP contribution in [0.15, 0.2) is 12.2 Å². The van der Waals surface area contributed by atoms with Gasteiger partial charge in [0.2, 0.25) is 0 Å². The first-order chi connectivity index (χ1) is 14.8. The predicted molar refractivity (Wildman–Crippen MR) is 122 cm³/mol.